The second kappa shape index (κ2) is 6.21. The van der Waals surface area contributed by atoms with Crippen LogP contribution in [-0.2, 0) is 0 Å². The molecule has 3 nitrogen and oxygen atoms in total. The van der Waals surface area contributed by atoms with Crippen molar-refractivity contribution in [3.8, 4) is 5.75 Å². The van der Waals surface area contributed by atoms with E-state index in [4.69, 9.17) is 4.74 Å². The van der Waals surface area contributed by atoms with Gasteiger partial charge in [0.1, 0.15) is 5.75 Å². The summed E-state index contributed by atoms with van der Waals surface area (Å²) in [7, 11) is 0. The Morgan fingerprint density at radius 2 is 2.06 bits per heavy atom. The molecule has 1 saturated carbocycles. The van der Waals surface area contributed by atoms with Crippen LogP contribution in [0.25, 0.3) is 0 Å². The Bertz CT molecular complexity index is 351. The van der Waals surface area contributed by atoms with Crippen LogP contribution >= 0.6 is 0 Å². The standard InChI is InChI=1S/C15H23NO2/c1-15(12-17,16-13-8-9-13)10-5-11-18-14-6-3-2-4-7-14/h2-4,6-7,13,16-17H,5,8-12H2,1H3. The predicted molar refractivity (Wildman–Crippen MR) is 72.8 cm³/mol. The lowest BCUT2D eigenvalue weighted by molar-refractivity contribution is 0.154. The van der Waals surface area contributed by atoms with Crippen molar-refractivity contribution in [2.75, 3.05) is 13.2 Å². The minimum atomic E-state index is -0.152. The molecule has 0 radical (unpaired) electrons. The molecule has 2 rings (SSSR count). The molecule has 1 aliphatic rings. The first kappa shape index (κ1) is 13.4. The zero-order valence-electron chi connectivity index (χ0n) is 11.1. The molecule has 0 heterocycles. The average molecular weight is 249 g/mol. The van der Waals surface area contributed by atoms with E-state index in [1.165, 1.54) is 12.8 Å². The van der Waals surface area contributed by atoms with Gasteiger partial charge in [-0.2, -0.15) is 0 Å². The number of ether oxygens (including phenoxy) is 1. The fourth-order valence-electron chi connectivity index (χ4n) is 2.09. The van der Waals surface area contributed by atoms with Gasteiger partial charge in [0, 0.05) is 11.6 Å². The number of benzene rings is 1. The normalized spacial score (nSPS) is 18.3. The minimum Gasteiger partial charge on any atom is -0.494 e. The number of nitrogens with one attached hydrogen (secondary N) is 1. The van der Waals surface area contributed by atoms with Crippen molar-refractivity contribution in [2.24, 2.45) is 0 Å². The molecule has 1 atom stereocenters. The van der Waals surface area contributed by atoms with E-state index in [1.807, 2.05) is 30.3 Å². The molecule has 18 heavy (non-hydrogen) atoms. The van der Waals surface area contributed by atoms with Crippen LogP contribution in [0.4, 0.5) is 0 Å². The SMILES string of the molecule is CC(CO)(CCCOc1ccccc1)NC1CC1. The monoisotopic (exact) mass is 249 g/mol. The zero-order valence-corrected chi connectivity index (χ0v) is 11.1. The topological polar surface area (TPSA) is 41.5 Å². The highest BCUT2D eigenvalue weighted by molar-refractivity contribution is 5.20. The fourth-order valence-corrected chi connectivity index (χ4v) is 2.09. The van der Waals surface area contributed by atoms with Gasteiger partial charge in [-0.05, 0) is 44.7 Å². The van der Waals surface area contributed by atoms with Gasteiger partial charge in [-0.3, -0.25) is 0 Å². The highest BCUT2D eigenvalue weighted by Crippen LogP contribution is 2.24. The van der Waals surface area contributed by atoms with E-state index in [2.05, 4.69) is 12.2 Å². The maximum Gasteiger partial charge on any atom is 0.119 e. The molecule has 0 spiro atoms. The molecule has 0 saturated heterocycles. The smallest absolute Gasteiger partial charge is 0.119 e. The lowest BCUT2D eigenvalue weighted by atomic mass is 9.97. The molecule has 1 aliphatic carbocycles. The van der Waals surface area contributed by atoms with Crippen molar-refractivity contribution in [3.05, 3.63) is 30.3 Å². The Hall–Kier alpha value is -1.06. The number of hydrogen-bond acceptors (Lipinski definition) is 3. The first-order valence-electron chi connectivity index (χ1n) is 6.78. The van der Waals surface area contributed by atoms with Gasteiger partial charge in [0.05, 0.1) is 13.2 Å². The highest BCUT2D eigenvalue weighted by Gasteiger charge is 2.31. The first-order valence-corrected chi connectivity index (χ1v) is 6.78. The van der Waals surface area contributed by atoms with Crippen LogP contribution in [0.5, 0.6) is 5.75 Å². The van der Waals surface area contributed by atoms with Crippen molar-refractivity contribution >= 4 is 0 Å². The number of rotatable bonds is 8. The number of aliphatic hydroxyl groups excluding tert-OH is 1. The Balaban J connectivity index is 1.67. The zero-order chi connectivity index (χ0) is 12.8. The maximum absolute atomic E-state index is 9.47. The second-order valence-corrected chi connectivity index (χ2v) is 5.40. The van der Waals surface area contributed by atoms with Gasteiger partial charge < -0.3 is 15.2 Å². The molecule has 2 N–H and O–H groups in total. The molecule has 3 heteroatoms. The summed E-state index contributed by atoms with van der Waals surface area (Å²) < 4.78 is 5.66. The summed E-state index contributed by atoms with van der Waals surface area (Å²) in [6, 6.07) is 10.5. The quantitative estimate of drug-likeness (QED) is 0.695. The first-order chi connectivity index (χ1) is 8.72. The van der Waals surface area contributed by atoms with Gasteiger partial charge in [-0.25, -0.2) is 0 Å². The summed E-state index contributed by atoms with van der Waals surface area (Å²) in [5.41, 5.74) is -0.152. The highest BCUT2D eigenvalue weighted by atomic mass is 16.5. The molecule has 1 unspecified atom stereocenters. The van der Waals surface area contributed by atoms with E-state index in [0.717, 1.165) is 18.6 Å². The number of aliphatic hydroxyl groups is 1. The van der Waals surface area contributed by atoms with Crippen LogP contribution in [0.2, 0.25) is 0 Å². The number of para-hydroxylation sites is 1. The third kappa shape index (κ3) is 4.31. The average Bonchev–Trinajstić information content (AvgIpc) is 3.20. The molecule has 100 valence electrons. The predicted octanol–water partition coefficient (Wildman–Crippen LogP) is 2.35. The van der Waals surface area contributed by atoms with Crippen molar-refractivity contribution in [1.82, 2.24) is 5.32 Å². The molecular weight excluding hydrogens is 226 g/mol. The molecule has 1 aromatic rings. The van der Waals surface area contributed by atoms with Gasteiger partial charge >= 0.3 is 0 Å². The van der Waals surface area contributed by atoms with E-state index in [0.29, 0.717) is 12.6 Å². The fraction of sp³-hybridized carbons (Fsp3) is 0.600. The van der Waals surface area contributed by atoms with Crippen LogP contribution in [0.15, 0.2) is 30.3 Å². The van der Waals surface area contributed by atoms with Crippen LogP contribution < -0.4 is 10.1 Å². The van der Waals surface area contributed by atoms with E-state index in [-0.39, 0.29) is 12.1 Å². The summed E-state index contributed by atoms with van der Waals surface area (Å²) in [6.45, 7) is 2.98. The van der Waals surface area contributed by atoms with Crippen molar-refractivity contribution < 1.29 is 9.84 Å². The van der Waals surface area contributed by atoms with Gasteiger partial charge in [0.25, 0.3) is 0 Å². The number of hydrogen-bond donors (Lipinski definition) is 2. The van der Waals surface area contributed by atoms with Gasteiger partial charge in [-0.15, -0.1) is 0 Å². The van der Waals surface area contributed by atoms with Crippen LogP contribution in [0.3, 0.4) is 0 Å². The lowest BCUT2D eigenvalue weighted by Gasteiger charge is -2.29. The molecule has 0 aromatic heterocycles. The van der Waals surface area contributed by atoms with E-state index in [1.54, 1.807) is 0 Å². The molecule has 1 fully saturated rings. The Labute approximate surface area is 109 Å². The van der Waals surface area contributed by atoms with E-state index < -0.39 is 0 Å². The summed E-state index contributed by atoms with van der Waals surface area (Å²) in [6.07, 6.45) is 4.38. The Kier molecular flexibility index (Phi) is 4.61. The van der Waals surface area contributed by atoms with Crippen LogP contribution in [0.1, 0.15) is 32.6 Å². The minimum absolute atomic E-state index is 0.152. The van der Waals surface area contributed by atoms with E-state index >= 15 is 0 Å². The third-order valence-corrected chi connectivity index (χ3v) is 3.36. The molecule has 0 bridgehead atoms. The summed E-state index contributed by atoms with van der Waals surface area (Å²) >= 11 is 0. The van der Waals surface area contributed by atoms with Gasteiger partial charge in [0.2, 0.25) is 0 Å². The Morgan fingerprint density at radius 1 is 1.33 bits per heavy atom. The van der Waals surface area contributed by atoms with Crippen molar-refractivity contribution in [3.63, 3.8) is 0 Å². The van der Waals surface area contributed by atoms with Crippen molar-refractivity contribution in [1.29, 1.82) is 0 Å². The summed E-state index contributed by atoms with van der Waals surface area (Å²) in [5, 5.41) is 13.0. The van der Waals surface area contributed by atoms with Gasteiger partial charge in [0.15, 0.2) is 0 Å². The maximum atomic E-state index is 9.47. The molecule has 1 aromatic carbocycles. The second-order valence-electron chi connectivity index (χ2n) is 5.40. The summed E-state index contributed by atoms with van der Waals surface area (Å²) in [4.78, 5) is 0. The Morgan fingerprint density at radius 3 is 2.67 bits per heavy atom. The van der Waals surface area contributed by atoms with Crippen LogP contribution in [-0.4, -0.2) is 29.9 Å². The van der Waals surface area contributed by atoms with Crippen molar-refractivity contribution in [2.45, 2.75) is 44.2 Å². The molecular formula is C15H23NO2. The largest absolute Gasteiger partial charge is 0.494 e. The molecule has 0 amide bonds. The third-order valence-electron chi connectivity index (χ3n) is 3.36. The molecule has 0 aliphatic heterocycles. The van der Waals surface area contributed by atoms with E-state index in [9.17, 15) is 5.11 Å². The lowest BCUT2D eigenvalue weighted by Crippen LogP contribution is -2.47. The van der Waals surface area contributed by atoms with Crippen LogP contribution in [0, 0.1) is 0 Å². The summed E-state index contributed by atoms with van der Waals surface area (Å²) in [5.74, 6) is 0.915. The van der Waals surface area contributed by atoms with Gasteiger partial charge in [-0.1, -0.05) is 18.2 Å².